The maximum absolute atomic E-state index is 14.1. The molecule has 238 valence electrons. The average Bonchev–Trinajstić information content (AvgIpc) is 3.77. The third-order valence-corrected chi connectivity index (χ3v) is 9.11. The van der Waals surface area contributed by atoms with Crippen LogP contribution in [-0.2, 0) is 9.59 Å². The van der Waals surface area contributed by atoms with Gasteiger partial charge in [0.15, 0.2) is 0 Å². The van der Waals surface area contributed by atoms with Gasteiger partial charge in [-0.25, -0.2) is 9.97 Å². The van der Waals surface area contributed by atoms with Crippen LogP contribution in [0.1, 0.15) is 57.5 Å². The Morgan fingerprint density at radius 2 is 1.87 bits per heavy atom. The Bertz CT molecular complexity index is 1620. The minimum atomic E-state index is -0.797. The van der Waals surface area contributed by atoms with Gasteiger partial charge in [0.2, 0.25) is 17.7 Å². The number of carbonyl (C=O) groups excluding carboxylic acids is 2. The molecule has 4 aromatic rings. The quantitative estimate of drug-likeness (QED) is 0.224. The molecule has 0 radical (unpaired) electrons. The Kier molecular flexibility index (Phi) is 9.96. The van der Waals surface area contributed by atoms with Crippen molar-refractivity contribution in [1.82, 2.24) is 30.0 Å². The number of hydrogen-bond donors (Lipinski definition) is 3. The molecule has 4 heterocycles. The maximum atomic E-state index is 14.1. The van der Waals surface area contributed by atoms with Crippen LogP contribution in [0.15, 0.2) is 60.5 Å². The number of nitrogens with two attached hydrogens (primary N) is 1. The zero-order chi connectivity index (χ0) is 32.2. The van der Waals surface area contributed by atoms with Gasteiger partial charge in [-0.2, -0.15) is 5.10 Å². The Balaban J connectivity index is 1.30. The first-order valence-corrected chi connectivity index (χ1v) is 16.1. The number of benzene rings is 1. The first-order chi connectivity index (χ1) is 21.5. The molecular weight excluding hydrogens is 590 g/mol. The molecule has 0 bridgehead atoms. The number of pyridine rings is 1. The van der Waals surface area contributed by atoms with Crippen LogP contribution in [0.3, 0.4) is 0 Å². The topological polar surface area (TPSA) is 148 Å². The number of hydrogen-bond acceptors (Lipinski definition) is 9. The van der Waals surface area contributed by atoms with Crippen LogP contribution >= 0.6 is 11.3 Å². The summed E-state index contributed by atoms with van der Waals surface area (Å²) in [6.45, 7) is 10.1. The normalized spacial score (nSPS) is 18.5. The number of amides is 2. The standard InChI is InChI=1S/C33H41N7O4S/c1-19(2)30(40-16-26(15-37-40)25-10-11-35-29(12-25)44-20(3)14-34)33(43)39-17-27(41)13-28(39)32(42)38-21(4)23-6-8-24(9-7-23)31-22(5)36-18-45-31/h6-12,15-16,18-21,27-28,30,41H,13-14,17,34H2,1-5H3,(H,38,42)/t20-,21+,27-,28+,30+/m1/s1. The van der Waals surface area contributed by atoms with E-state index in [1.165, 1.54) is 4.90 Å². The minimum Gasteiger partial charge on any atom is -0.473 e. The van der Waals surface area contributed by atoms with Gasteiger partial charge in [-0.3, -0.25) is 14.3 Å². The summed E-state index contributed by atoms with van der Waals surface area (Å²) in [7, 11) is 0. The fourth-order valence-corrected chi connectivity index (χ4v) is 6.43. The lowest BCUT2D eigenvalue weighted by Crippen LogP contribution is -2.49. The summed E-state index contributed by atoms with van der Waals surface area (Å²) in [6, 6.07) is 9.94. The number of aryl methyl sites for hydroxylation is 1. The maximum Gasteiger partial charge on any atom is 0.248 e. The van der Waals surface area contributed by atoms with Crippen molar-refractivity contribution in [3.05, 3.63) is 71.8 Å². The molecule has 1 aliphatic rings. The third kappa shape index (κ3) is 7.24. The second-order valence-electron chi connectivity index (χ2n) is 12.0. The van der Waals surface area contributed by atoms with Crippen molar-refractivity contribution in [2.45, 2.75) is 71.4 Å². The van der Waals surface area contributed by atoms with Crippen LogP contribution in [0.4, 0.5) is 0 Å². The number of nitrogens with zero attached hydrogens (tertiary/aromatic N) is 5. The van der Waals surface area contributed by atoms with Crippen molar-refractivity contribution in [2.75, 3.05) is 13.1 Å². The summed E-state index contributed by atoms with van der Waals surface area (Å²) in [4.78, 5) is 38.8. The Morgan fingerprint density at radius 1 is 1.11 bits per heavy atom. The summed E-state index contributed by atoms with van der Waals surface area (Å²) in [6.07, 6.45) is 4.36. The van der Waals surface area contributed by atoms with Gasteiger partial charge in [-0.1, -0.05) is 38.1 Å². The zero-order valence-electron chi connectivity index (χ0n) is 26.3. The molecule has 1 fully saturated rings. The van der Waals surface area contributed by atoms with E-state index in [1.807, 2.05) is 82.7 Å². The number of aliphatic hydroxyl groups is 1. The first-order valence-electron chi connectivity index (χ1n) is 15.2. The smallest absolute Gasteiger partial charge is 0.248 e. The van der Waals surface area contributed by atoms with E-state index in [-0.39, 0.29) is 42.8 Å². The Morgan fingerprint density at radius 3 is 2.53 bits per heavy atom. The molecule has 12 heteroatoms. The molecule has 11 nitrogen and oxygen atoms in total. The van der Waals surface area contributed by atoms with Gasteiger partial charge in [0.1, 0.15) is 18.2 Å². The first kappa shape index (κ1) is 32.3. The van der Waals surface area contributed by atoms with Crippen LogP contribution < -0.4 is 15.8 Å². The van der Waals surface area contributed by atoms with Crippen LogP contribution in [0, 0.1) is 12.8 Å². The molecule has 0 saturated carbocycles. The second kappa shape index (κ2) is 13.9. The highest BCUT2D eigenvalue weighted by atomic mass is 32.1. The highest BCUT2D eigenvalue weighted by molar-refractivity contribution is 7.13. The van der Waals surface area contributed by atoms with Gasteiger partial charge in [0.05, 0.1) is 34.4 Å². The molecule has 1 aliphatic heterocycles. The van der Waals surface area contributed by atoms with Crippen LogP contribution in [0.2, 0.25) is 0 Å². The molecule has 4 N–H and O–H groups in total. The number of β-amino-alcohol motifs (C(OH)–C–C–N with tert-alkyl or cyclic N) is 1. The van der Waals surface area contributed by atoms with Crippen molar-refractivity contribution in [1.29, 1.82) is 0 Å². The number of carbonyl (C=O) groups is 2. The van der Waals surface area contributed by atoms with Crippen LogP contribution in [-0.4, -0.2) is 72.9 Å². The summed E-state index contributed by atoms with van der Waals surface area (Å²) >= 11 is 1.59. The molecule has 0 aliphatic carbocycles. The van der Waals surface area contributed by atoms with Gasteiger partial charge in [0.25, 0.3) is 0 Å². The number of nitrogens with one attached hydrogen (secondary N) is 1. The van der Waals surface area contributed by atoms with E-state index in [9.17, 15) is 14.7 Å². The van der Waals surface area contributed by atoms with Crippen molar-refractivity contribution < 1.29 is 19.4 Å². The van der Waals surface area contributed by atoms with Crippen LogP contribution in [0.5, 0.6) is 5.88 Å². The van der Waals surface area contributed by atoms with E-state index in [4.69, 9.17) is 10.5 Å². The van der Waals surface area contributed by atoms with Gasteiger partial charge in [-0.15, -0.1) is 11.3 Å². The SMILES string of the molecule is Cc1ncsc1-c1ccc([C@H](C)NC(=O)[C@@H]2C[C@@H](O)CN2C(=O)[C@H](C(C)C)n2cc(-c3ccnc(O[C@H](C)CN)c3)cn2)cc1. The number of ether oxygens (including phenoxy) is 1. The minimum absolute atomic E-state index is 0.0793. The lowest BCUT2D eigenvalue weighted by molar-refractivity contribution is -0.142. The molecule has 2 amide bonds. The van der Waals surface area contributed by atoms with Crippen LogP contribution in [0.25, 0.3) is 21.6 Å². The highest BCUT2D eigenvalue weighted by Gasteiger charge is 2.42. The predicted molar refractivity (Wildman–Crippen MR) is 173 cm³/mol. The van der Waals surface area contributed by atoms with Gasteiger partial charge >= 0.3 is 0 Å². The Labute approximate surface area is 267 Å². The predicted octanol–water partition coefficient (Wildman–Crippen LogP) is 4.14. The van der Waals surface area contributed by atoms with E-state index in [1.54, 1.807) is 28.4 Å². The number of aromatic nitrogens is 4. The molecule has 1 aromatic carbocycles. The number of rotatable bonds is 11. The summed E-state index contributed by atoms with van der Waals surface area (Å²) < 4.78 is 7.40. The van der Waals surface area contributed by atoms with E-state index in [0.717, 1.165) is 32.8 Å². The van der Waals surface area contributed by atoms with Crippen molar-refractivity contribution >= 4 is 23.2 Å². The number of thiazole rings is 1. The molecule has 0 unspecified atom stereocenters. The number of likely N-dealkylation sites (tertiary alicyclic amines) is 1. The van der Waals surface area contributed by atoms with Gasteiger partial charge in [-0.05, 0) is 49.4 Å². The Hall–Kier alpha value is -4.13. The summed E-state index contributed by atoms with van der Waals surface area (Å²) in [5.41, 5.74) is 12.1. The molecular formula is C33H41N7O4S. The third-order valence-electron chi connectivity index (χ3n) is 8.13. The summed E-state index contributed by atoms with van der Waals surface area (Å²) in [5, 5.41) is 18.2. The summed E-state index contributed by atoms with van der Waals surface area (Å²) in [5.74, 6) is -0.235. The lowest BCUT2D eigenvalue weighted by Gasteiger charge is -2.30. The van der Waals surface area contributed by atoms with E-state index < -0.39 is 18.2 Å². The highest BCUT2D eigenvalue weighted by Crippen LogP contribution is 2.31. The molecule has 45 heavy (non-hydrogen) atoms. The van der Waals surface area contributed by atoms with E-state index >= 15 is 0 Å². The average molecular weight is 632 g/mol. The van der Waals surface area contributed by atoms with Crippen molar-refractivity contribution in [3.63, 3.8) is 0 Å². The molecule has 5 rings (SSSR count). The van der Waals surface area contributed by atoms with Gasteiger partial charge in [0, 0.05) is 43.5 Å². The van der Waals surface area contributed by atoms with Gasteiger partial charge < -0.3 is 25.8 Å². The fourth-order valence-electron chi connectivity index (χ4n) is 5.62. The van der Waals surface area contributed by atoms with Crippen molar-refractivity contribution in [3.8, 4) is 27.4 Å². The molecule has 1 saturated heterocycles. The van der Waals surface area contributed by atoms with E-state index in [0.29, 0.717) is 12.4 Å². The number of aliphatic hydroxyl groups excluding tert-OH is 1. The molecule has 5 atom stereocenters. The molecule has 3 aromatic heterocycles. The molecule has 0 spiro atoms. The second-order valence-corrected chi connectivity index (χ2v) is 12.8. The lowest BCUT2D eigenvalue weighted by atomic mass is 10.0. The fraction of sp³-hybridized carbons (Fsp3) is 0.424. The zero-order valence-corrected chi connectivity index (χ0v) is 27.1. The van der Waals surface area contributed by atoms with Crippen molar-refractivity contribution in [2.24, 2.45) is 11.7 Å². The largest absolute Gasteiger partial charge is 0.473 e. The monoisotopic (exact) mass is 631 g/mol. The van der Waals surface area contributed by atoms with E-state index in [2.05, 4.69) is 20.4 Å².